The SMILES string of the molecule is Nc1ncnc2ccc(-c3cccnc3-c3cc(F)ccc3Cl)cc12. The highest BCUT2D eigenvalue weighted by Crippen LogP contribution is 2.36. The number of nitrogens with two attached hydrogens (primary N) is 1. The van der Waals surface area contributed by atoms with E-state index in [4.69, 9.17) is 17.3 Å². The van der Waals surface area contributed by atoms with Gasteiger partial charge in [-0.25, -0.2) is 14.4 Å². The van der Waals surface area contributed by atoms with Crippen LogP contribution in [-0.2, 0) is 0 Å². The fraction of sp³-hybridized carbons (Fsp3) is 0. The number of hydrogen-bond acceptors (Lipinski definition) is 4. The van der Waals surface area contributed by atoms with Gasteiger partial charge in [0.1, 0.15) is 18.0 Å². The average Bonchev–Trinajstić information content (AvgIpc) is 2.64. The number of benzene rings is 2. The van der Waals surface area contributed by atoms with Gasteiger partial charge in [-0.2, -0.15) is 0 Å². The summed E-state index contributed by atoms with van der Waals surface area (Å²) in [5.74, 6) is 0.0354. The predicted octanol–water partition coefficient (Wildman–Crippen LogP) is 4.73. The first-order valence-electron chi connectivity index (χ1n) is 7.54. The molecule has 0 spiro atoms. The van der Waals surface area contributed by atoms with Crippen molar-refractivity contribution in [2.75, 3.05) is 5.73 Å². The molecule has 0 aliphatic carbocycles. The van der Waals surface area contributed by atoms with Gasteiger partial charge in [0, 0.05) is 22.7 Å². The van der Waals surface area contributed by atoms with Crippen molar-refractivity contribution < 1.29 is 4.39 Å². The summed E-state index contributed by atoms with van der Waals surface area (Å²) in [6, 6.07) is 13.6. The van der Waals surface area contributed by atoms with E-state index in [2.05, 4.69) is 15.0 Å². The molecule has 25 heavy (non-hydrogen) atoms. The molecule has 0 bridgehead atoms. The molecule has 4 rings (SSSR count). The molecule has 0 amide bonds. The van der Waals surface area contributed by atoms with Gasteiger partial charge in [-0.3, -0.25) is 4.98 Å². The van der Waals surface area contributed by atoms with Gasteiger partial charge in [0.05, 0.1) is 16.2 Å². The van der Waals surface area contributed by atoms with Crippen LogP contribution in [0.2, 0.25) is 5.02 Å². The molecule has 6 heteroatoms. The highest BCUT2D eigenvalue weighted by molar-refractivity contribution is 6.33. The van der Waals surface area contributed by atoms with Crippen molar-refractivity contribution >= 4 is 28.3 Å². The van der Waals surface area contributed by atoms with E-state index in [1.807, 2.05) is 30.3 Å². The number of hydrogen-bond donors (Lipinski definition) is 1. The molecule has 0 saturated heterocycles. The molecule has 0 fully saturated rings. The molecule has 0 aliphatic heterocycles. The summed E-state index contributed by atoms with van der Waals surface area (Å²) >= 11 is 6.26. The standard InChI is InChI=1S/C19H12ClFN4/c20-16-5-4-12(21)9-14(16)18-13(2-1-7-23-18)11-3-6-17-15(8-11)19(22)25-10-24-17/h1-10H,(H2,22,24,25). The van der Waals surface area contributed by atoms with Crippen molar-refractivity contribution in [3.05, 3.63) is 71.9 Å². The van der Waals surface area contributed by atoms with Crippen molar-refractivity contribution in [3.8, 4) is 22.4 Å². The van der Waals surface area contributed by atoms with Gasteiger partial charge in [0.25, 0.3) is 0 Å². The Morgan fingerprint density at radius 1 is 0.920 bits per heavy atom. The van der Waals surface area contributed by atoms with Crippen LogP contribution in [0.1, 0.15) is 0 Å². The molecular weight excluding hydrogens is 339 g/mol. The Kier molecular flexibility index (Phi) is 3.78. The number of fused-ring (bicyclic) bond motifs is 1. The minimum absolute atomic E-state index is 0.368. The smallest absolute Gasteiger partial charge is 0.134 e. The zero-order valence-electron chi connectivity index (χ0n) is 12.9. The summed E-state index contributed by atoms with van der Waals surface area (Å²) in [6.07, 6.45) is 3.08. The lowest BCUT2D eigenvalue weighted by Gasteiger charge is -2.11. The molecule has 0 atom stereocenters. The van der Waals surface area contributed by atoms with Crippen LogP contribution in [0.4, 0.5) is 10.2 Å². The first kappa shape index (κ1) is 15.5. The number of pyridine rings is 1. The van der Waals surface area contributed by atoms with E-state index >= 15 is 0 Å². The first-order valence-corrected chi connectivity index (χ1v) is 7.92. The van der Waals surface area contributed by atoms with Crippen molar-refractivity contribution in [2.24, 2.45) is 0 Å². The van der Waals surface area contributed by atoms with Gasteiger partial charge in [0.15, 0.2) is 0 Å². The quantitative estimate of drug-likeness (QED) is 0.567. The van der Waals surface area contributed by atoms with Gasteiger partial charge in [-0.15, -0.1) is 0 Å². The maximum absolute atomic E-state index is 13.7. The second-order valence-corrected chi connectivity index (χ2v) is 5.92. The summed E-state index contributed by atoms with van der Waals surface area (Å²) in [6.45, 7) is 0. The molecule has 0 radical (unpaired) electrons. The molecular formula is C19H12ClFN4. The van der Waals surface area contributed by atoms with E-state index in [9.17, 15) is 4.39 Å². The van der Waals surface area contributed by atoms with E-state index in [0.29, 0.717) is 22.1 Å². The third-order valence-corrected chi connectivity index (χ3v) is 4.30. The topological polar surface area (TPSA) is 64.7 Å². The number of rotatable bonds is 2. The van der Waals surface area contributed by atoms with E-state index in [1.54, 1.807) is 6.20 Å². The zero-order valence-corrected chi connectivity index (χ0v) is 13.7. The van der Waals surface area contributed by atoms with Gasteiger partial charge in [0.2, 0.25) is 0 Å². The Morgan fingerprint density at radius 3 is 2.68 bits per heavy atom. The Labute approximate surface area is 148 Å². The molecule has 0 unspecified atom stereocenters. The molecule has 4 nitrogen and oxygen atoms in total. The van der Waals surface area contributed by atoms with Crippen LogP contribution in [-0.4, -0.2) is 15.0 Å². The molecule has 4 aromatic rings. The maximum Gasteiger partial charge on any atom is 0.134 e. The highest BCUT2D eigenvalue weighted by atomic mass is 35.5. The normalized spacial score (nSPS) is 11.0. The van der Waals surface area contributed by atoms with Gasteiger partial charge < -0.3 is 5.73 Å². The number of anilines is 1. The Bertz CT molecular complexity index is 1100. The molecule has 2 aromatic carbocycles. The molecule has 122 valence electrons. The minimum atomic E-state index is -0.368. The Balaban J connectivity index is 1.96. The predicted molar refractivity (Wildman–Crippen MR) is 97.6 cm³/mol. The van der Waals surface area contributed by atoms with Crippen molar-refractivity contribution in [3.63, 3.8) is 0 Å². The average molecular weight is 351 g/mol. The monoisotopic (exact) mass is 350 g/mol. The van der Waals surface area contributed by atoms with Crippen molar-refractivity contribution in [1.82, 2.24) is 15.0 Å². The molecule has 2 aromatic heterocycles. The fourth-order valence-corrected chi connectivity index (χ4v) is 2.98. The number of nitrogen functional groups attached to an aromatic ring is 1. The maximum atomic E-state index is 13.7. The van der Waals surface area contributed by atoms with Gasteiger partial charge in [-0.1, -0.05) is 23.7 Å². The third kappa shape index (κ3) is 2.79. The van der Waals surface area contributed by atoms with Crippen LogP contribution in [0, 0.1) is 5.82 Å². The summed E-state index contributed by atoms with van der Waals surface area (Å²) < 4.78 is 13.7. The van der Waals surface area contributed by atoms with Crippen LogP contribution in [0.15, 0.2) is 61.1 Å². The minimum Gasteiger partial charge on any atom is -0.383 e. The lowest BCUT2D eigenvalue weighted by molar-refractivity contribution is 0.628. The van der Waals surface area contributed by atoms with E-state index in [0.717, 1.165) is 22.0 Å². The molecule has 0 saturated carbocycles. The zero-order chi connectivity index (χ0) is 17.4. The summed E-state index contributed by atoms with van der Waals surface area (Å²) in [7, 11) is 0. The largest absolute Gasteiger partial charge is 0.383 e. The van der Waals surface area contributed by atoms with E-state index in [-0.39, 0.29) is 5.82 Å². The molecule has 0 aliphatic rings. The lowest BCUT2D eigenvalue weighted by atomic mass is 9.98. The van der Waals surface area contributed by atoms with Crippen LogP contribution in [0.25, 0.3) is 33.3 Å². The Hall–Kier alpha value is -3.05. The van der Waals surface area contributed by atoms with Gasteiger partial charge >= 0.3 is 0 Å². The second kappa shape index (κ2) is 6.11. The second-order valence-electron chi connectivity index (χ2n) is 5.51. The van der Waals surface area contributed by atoms with Crippen LogP contribution < -0.4 is 5.73 Å². The summed E-state index contributed by atoms with van der Waals surface area (Å²) in [4.78, 5) is 12.7. The third-order valence-electron chi connectivity index (χ3n) is 3.97. The van der Waals surface area contributed by atoms with Gasteiger partial charge in [-0.05, 0) is 42.0 Å². The highest BCUT2D eigenvalue weighted by Gasteiger charge is 2.13. The van der Waals surface area contributed by atoms with Crippen LogP contribution in [0.5, 0.6) is 0 Å². The summed E-state index contributed by atoms with van der Waals surface area (Å²) in [5, 5.41) is 1.19. The molecule has 2 N–H and O–H groups in total. The van der Waals surface area contributed by atoms with Crippen molar-refractivity contribution in [1.29, 1.82) is 0 Å². The van der Waals surface area contributed by atoms with E-state index in [1.165, 1.54) is 24.5 Å². The van der Waals surface area contributed by atoms with Crippen LogP contribution >= 0.6 is 11.6 Å². The number of halogens is 2. The number of nitrogens with zero attached hydrogens (tertiary/aromatic N) is 3. The lowest BCUT2D eigenvalue weighted by Crippen LogP contribution is -1.94. The molecule has 2 heterocycles. The van der Waals surface area contributed by atoms with Crippen LogP contribution in [0.3, 0.4) is 0 Å². The number of aromatic nitrogens is 3. The Morgan fingerprint density at radius 2 is 1.80 bits per heavy atom. The fourth-order valence-electron chi connectivity index (χ4n) is 2.78. The van der Waals surface area contributed by atoms with Crippen molar-refractivity contribution in [2.45, 2.75) is 0 Å². The first-order chi connectivity index (χ1) is 12.1. The van der Waals surface area contributed by atoms with E-state index < -0.39 is 0 Å². The summed E-state index contributed by atoms with van der Waals surface area (Å²) in [5.41, 5.74) is 9.54.